The van der Waals surface area contributed by atoms with E-state index in [2.05, 4.69) is 38.9 Å². The van der Waals surface area contributed by atoms with Crippen LogP contribution >= 0.6 is 0 Å². The van der Waals surface area contributed by atoms with Crippen molar-refractivity contribution in [2.45, 2.75) is 25.9 Å². The topological polar surface area (TPSA) is 97.9 Å². The van der Waals surface area contributed by atoms with Gasteiger partial charge < -0.3 is 10.4 Å². The molecule has 1 aliphatic rings. The summed E-state index contributed by atoms with van der Waals surface area (Å²) in [5, 5.41) is 25.7. The lowest BCUT2D eigenvalue weighted by atomic mass is 9.93. The molecule has 0 bridgehead atoms. The maximum Gasteiger partial charge on any atom is 0.335 e. The molecule has 31 heavy (non-hydrogen) atoms. The molecular formula is C23H22N6O2. The van der Waals surface area contributed by atoms with Crippen LogP contribution in [0.1, 0.15) is 34.1 Å². The predicted molar refractivity (Wildman–Crippen MR) is 117 cm³/mol. The molecule has 8 nitrogen and oxygen atoms in total. The van der Waals surface area contributed by atoms with Gasteiger partial charge in [-0.3, -0.25) is 4.68 Å². The van der Waals surface area contributed by atoms with E-state index in [1.54, 1.807) is 16.8 Å². The number of nitrogens with zero attached hydrogens (tertiary/aromatic N) is 5. The lowest BCUT2D eigenvalue weighted by molar-refractivity contribution is 0.0697. The van der Waals surface area contributed by atoms with Crippen LogP contribution in [0.3, 0.4) is 0 Å². The lowest BCUT2D eigenvalue weighted by Crippen LogP contribution is -2.13. The Labute approximate surface area is 179 Å². The Hall–Kier alpha value is -3.94. The van der Waals surface area contributed by atoms with Crippen molar-refractivity contribution in [3.63, 3.8) is 0 Å². The van der Waals surface area contributed by atoms with Crippen molar-refractivity contribution in [2.24, 2.45) is 7.05 Å². The minimum absolute atomic E-state index is 0.0309. The summed E-state index contributed by atoms with van der Waals surface area (Å²) in [7, 11) is 1.91. The van der Waals surface area contributed by atoms with E-state index in [1.807, 2.05) is 43.2 Å². The molecule has 2 aromatic carbocycles. The number of carboxylic acids is 1. The minimum atomic E-state index is -0.930. The molecule has 0 spiro atoms. The summed E-state index contributed by atoms with van der Waals surface area (Å²) in [6.45, 7) is 2.72. The van der Waals surface area contributed by atoms with Crippen molar-refractivity contribution in [1.29, 1.82) is 0 Å². The van der Waals surface area contributed by atoms with E-state index in [1.165, 1.54) is 0 Å². The Morgan fingerprint density at radius 2 is 1.97 bits per heavy atom. The fourth-order valence-electron chi connectivity index (χ4n) is 4.17. The summed E-state index contributed by atoms with van der Waals surface area (Å²) in [5.41, 5.74) is 7.51. The van der Waals surface area contributed by atoms with Gasteiger partial charge in [0.25, 0.3) is 0 Å². The highest BCUT2D eigenvalue weighted by Gasteiger charge is 2.26. The van der Waals surface area contributed by atoms with Crippen molar-refractivity contribution in [3.8, 4) is 22.4 Å². The SMILES string of the molecule is Cc1nnn2c1-c1ccc(-c3cnn(C)c3)cc1C(Nc1ccc(C(=O)O)cc1)CC2. The number of aromatic carboxylic acids is 1. The van der Waals surface area contributed by atoms with Gasteiger partial charge in [0.1, 0.15) is 0 Å². The first kappa shape index (κ1) is 19.0. The average molecular weight is 414 g/mol. The van der Waals surface area contributed by atoms with Crippen molar-refractivity contribution in [1.82, 2.24) is 24.8 Å². The van der Waals surface area contributed by atoms with Crippen LogP contribution in [0.5, 0.6) is 0 Å². The highest BCUT2D eigenvalue weighted by Crippen LogP contribution is 2.39. The second kappa shape index (κ2) is 7.39. The van der Waals surface area contributed by atoms with Crippen LogP contribution in [0.4, 0.5) is 5.69 Å². The van der Waals surface area contributed by atoms with Crippen molar-refractivity contribution in [2.75, 3.05) is 5.32 Å². The van der Waals surface area contributed by atoms with Crippen LogP contribution in [0.15, 0.2) is 54.9 Å². The first-order valence-corrected chi connectivity index (χ1v) is 10.1. The third-order valence-corrected chi connectivity index (χ3v) is 5.73. The Balaban J connectivity index is 1.58. The Morgan fingerprint density at radius 1 is 1.16 bits per heavy atom. The number of aryl methyl sites for hydroxylation is 3. The summed E-state index contributed by atoms with van der Waals surface area (Å²) in [4.78, 5) is 11.2. The molecule has 3 heterocycles. The average Bonchev–Trinajstić information content (AvgIpc) is 3.32. The molecular weight excluding hydrogens is 392 g/mol. The van der Waals surface area contributed by atoms with Gasteiger partial charge in [-0.2, -0.15) is 5.10 Å². The van der Waals surface area contributed by atoms with Crippen LogP contribution in [-0.2, 0) is 13.6 Å². The smallest absolute Gasteiger partial charge is 0.335 e. The number of fused-ring (bicyclic) bond motifs is 3. The van der Waals surface area contributed by atoms with Gasteiger partial charge in [-0.1, -0.05) is 17.3 Å². The van der Waals surface area contributed by atoms with Gasteiger partial charge in [-0.05, 0) is 54.8 Å². The maximum atomic E-state index is 11.2. The molecule has 0 saturated carbocycles. The first-order chi connectivity index (χ1) is 15.0. The molecule has 0 amide bonds. The number of benzene rings is 2. The number of aromatic nitrogens is 5. The molecule has 2 aromatic heterocycles. The molecule has 0 radical (unpaired) electrons. The fraction of sp³-hybridized carbons (Fsp3) is 0.217. The van der Waals surface area contributed by atoms with Crippen LogP contribution < -0.4 is 5.32 Å². The molecule has 1 aliphatic heterocycles. The molecule has 0 aliphatic carbocycles. The van der Waals surface area contributed by atoms with E-state index >= 15 is 0 Å². The molecule has 1 atom stereocenters. The molecule has 8 heteroatoms. The number of anilines is 1. The van der Waals surface area contributed by atoms with Gasteiger partial charge in [-0.25, -0.2) is 9.48 Å². The number of nitrogens with one attached hydrogen (secondary N) is 1. The van der Waals surface area contributed by atoms with E-state index in [-0.39, 0.29) is 11.6 Å². The van der Waals surface area contributed by atoms with Crippen molar-refractivity contribution in [3.05, 3.63) is 71.7 Å². The molecule has 4 aromatic rings. The zero-order valence-corrected chi connectivity index (χ0v) is 17.3. The van der Waals surface area contributed by atoms with Crippen molar-refractivity contribution >= 4 is 11.7 Å². The largest absolute Gasteiger partial charge is 0.478 e. The molecule has 5 rings (SSSR count). The predicted octanol–water partition coefficient (Wildman–Crippen LogP) is 3.91. The van der Waals surface area contributed by atoms with Crippen molar-refractivity contribution < 1.29 is 9.90 Å². The summed E-state index contributed by atoms with van der Waals surface area (Å²) in [6, 6.07) is 13.3. The molecule has 0 fully saturated rings. The van der Waals surface area contributed by atoms with E-state index in [0.717, 1.165) is 52.3 Å². The monoisotopic (exact) mass is 414 g/mol. The van der Waals surface area contributed by atoms with E-state index in [0.29, 0.717) is 0 Å². The summed E-state index contributed by atoms with van der Waals surface area (Å²) in [6.07, 6.45) is 4.69. The fourth-order valence-corrected chi connectivity index (χ4v) is 4.17. The van der Waals surface area contributed by atoms with Crippen LogP contribution in [0.2, 0.25) is 0 Å². The van der Waals surface area contributed by atoms with Gasteiger partial charge in [-0.15, -0.1) is 5.10 Å². The molecule has 0 saturated heterocycles. The standard InChI is InChI=1S/C23H22N6O2/c1-14-22-19-8-5-16(17-12-24-28(2)13-17)11-20(19)21(9-10-29(22)27-26-14)25-18-6-3-15(4-7-18)23(30)31/h3-8,11-13,21,25H,9-10H2,1-2H3,(H,30,31). The second-order valence-electron chi connectivity index (χ2n) is 7.82. The number of carbonyl (C=O) groups is 1. The number of hydrogen-bond acceptors (Lipinski definition) is 5. The number of rotatable bonds is 4. The Kier molecular flexibility index (Phi) is 4.54. The van der Waals surface area contributed by atoms with E-state index < -0.39 is 5.97 Å². The molecule has 2 N–H and O–H groups in total. The normalized spacial score (nSPS) is 15.1. The highest BCUT2D eigenvalue weighted by molar-refractivity contribution is 5.88. The number of hydrogen-bond donors (Lipinski definition) is 2. The van der Waals surface area contributed by atoms with Crippen LogP contribution in [0, 0.1) is 6.92 Å². The van der Waals surface area contributed by atoms with Gasteiger partial charge in [0.2, 0.25) is 0 Å². The van der Waals surface area contributed by atoms with Gasteiger partial charge in [0, 0.05) is 36.6 Å². The Morgan fingerprint density at radius 3 is 2.68 bits per heavy atom. The van der Waals surface area contributed by atoms with Crippen LogP contribution in [0.25, 0.3) is 22.4 Å². The second-order valence-corrected chi connectivity index (χ2v) is 7.82. The summed E-state index contributed by atoms with van der Waals surface area (Å²) in [5.74, 6) is -0.930. The van der Waals surface area contributed by atoms with E-state index in [4.69, 9.17) is 5.11 Å². The third kappa shape index (κ3) is 3.46. The van der Waals surface area contributed by atoms with Crippen LogP contribution in [-0.4, -0.2) is 35.9 Å². The number of carboxylic acid groups (broad SMARTS) is 1. The minimum Gasteiger partial charge on any atom is -0.478 e. The maximum absolute atomic E-state index is 11.2. The Bertz CT molecular complexity index is 1270. The summed E-state index contributed by atoms with van der Waals surface area (Å²) >= 11 is 0. The van der Waals surface area contributed by atoms with Gasteiger partial charge >= 0.3 is 5.97 Å². The molecule has 156 valence electrons. The summed E-state index contributed by atoms with van der Waals surface area (Å²) < 4.78 is 3.76. The van der Waals surface area contributed by atoms with E-state index in [9.17, 15) is 4.79 Å². The third-order valence-electron chi connectivity index (χ3n) is 5.73. The quantitative estimate of drug-likeness (QED) is 0.525. The van der Waals surface area contributed by atoms with Gasteiger partial charge in [0.05, 0.1) is 29.2 Å². The highest BCUT2D eigenvalue weighted by atomic mass is 16.4. The zero-order chi connectivity index (χ0) is 21.5. The lowest BCUT2D eigenvalue weighted by Gasteiger charge is -2.21. The molecule has 1 unspecified atom stereocenters. The zero-order valence-electron chi connectivity index (χ0n) is 17.3. The van der Waals surface area contributed by atoms with Gasteiger partial charge in [0.15, 0.2) is 0 Å². The first-order valence-electron chi connectivity index (χ1n) is 10.1.